The van der Waals surface area contributed by atoms with Crippen LogP contribution >= 0.6 is 0 Å². The molecular formula is C10H14N2O6. The molecule has 0 radical (unpaired) electrons. The second kappa shape index (κ2) is 5.52. The molecule has 8 heteroatoms. The van der Waals surface area contributed by atoms with Crippen molar-refractivity contribution in [2.45, 2.75) is 6.04 Å². The topological polar surface area (TPSA) is 128 Å². The smallest absolute Gasteiger partial charge is 0.281 e. The summed E-state index contributed by atoms with van der Waals surface area (Å²) in [5, 5.41) is 29.8. The molecule has 0 aliphatic rings. The minimum Gasteiger partial charge on any atom is -0.502 e. The van der Waals surface area contributed by atoms with E-state index < -0.39 is 23.3 Å². The van der Waals surface area contributed by atoms with Crippen LogP contribution in [0.3, 0.4) is 0 Å². The normalized spacial score (nSPS) is 12.0. The number of aliphatic hydroxyl groups excluding tert-OH is 1. The number of ether oxygens (including phenoxy) is 2. The Bertz CT molecular complexity index is 462. The fraction of sp³-hybridized carbons (Fsp3) is 0.400. The van der Waals surface area contributed by atoms with E-state index in [9.17, 15) is 15.2 Å². The Labute approximate surface area is 103 Å². The number of phenols is 1. The summed E-state index contributed by atoms with van der Waals surface area (Å²) in [6.07, 6.45) is 0. The molecule has 0 saturated heterocycles. The van der Waals surface area contributed by atoms with E-state index in [1.807, 2.05) is 0 Å². The lowest BCUT2D eigenvalue weighted by Gasteiger charge is -2.16. The Morgan fingerprint density at radius 3 is 2.50 bits per heavy atom. The minimum atomic E-state index is -1.04. The number of nitro groups is 1. The van der Waals surface area contributed by atoms with Crippen molar-refractivity contribution in [3.05, 3.63) is 21.7 Å². The monoisotopic (exact) mass is 258 g/mol. The Balaban J connectivity index is 3.62. The summed E-state index contributed by atoms with van der Waals surface area (Å²) in [5.74, 6) is -0.681. The van der Waals surface area contributed by atoms with Crippen LogP contribution in [0.4, 0.5) is 5.69 Å². The molecule has 100 valence electrons. The third kappa shape index (κ3) is 2.29. The third-order valence-electron chi connectivity index (χ3n) is 2.43. The van der Waals surface area contributed by atoms with Gasteiger partial charge in [-0.3, -0.25) is 10.1 Å². The van der Waals surface area contributed by atoms with Crippen LogP contribution in [0.25, 0.3) is 0 Å². The van der Waals surface area contributed by atoms with Crippen molar-refractivity contribution in [2.75, 3.05) is 20.8 Å². The summed E-state index contributed by atoms with van der Waals surface area (Å²) in [4.78, 5) is 10.3. The van der Waals surface area contributed by atoms with Crippen LogP contribution in [0.5, 0.6) is 17.2 Å². The molecule has 0 fully saturated rings. The van der Waals surface area contributed by atoms with Crippen molar-refractivity contribution >= 4 is 5.69 Å². The number of methoxy groups -OCH3 is 2. The Morgan fingerprint density at radius 1 is 1.50 bits per heavy atom. The number of hydrogen-bond acceptors (Lipinski definition) is 7. The summed E-state index contributed by atoms with van der Waals surface area (Å²) in [6, 6.07) is -0.0138. The van der Waals surface area contributed by atoms with E-state index in [0.29, 0.717) is 0 Å². The number of aliphatic hydroxyl groups is 1. The van der Waals surface area contributed by atoms with Crippen LogP contribution < -0.4 is 15.2 Å². The zero-order chi connectivity index (χ0) is 13.9. The van der Waals surface area contributed by atoms with Crippen molar-refractivity contribution in [1.82, 2.24) is 0 Å². The molecule has 1 rings (SSSR count). The molecule has 8 nitrogen and oxygen atoms in total. The molecule has 1 aromatic rings. The number of hydrogen-bond donors (Lipinski definition) is 3. The largest absolute Gasteiger partial charge is 0.502 e. The zero-order valence-corrected chi connectivity index (χ0v) is 9.91. The van der Waals surface area contributed by atoms with Gasteiger partial charge in [0.1, 0.15) is 0 Å². The maximum atomic E-state index is 11.0. The first kappa shape index (κ1) is 14.0. The zero-order valence-electron chi connectivity index (χ0n) is 9.91. The molecule has 1 atom stereocenters. The quantitative estimate of drug-likeness (QED) is 0.512. The van der Waals surface area contributed by atoms with Gasteiger partial charge in [0.25, 0.3) is 5.69 Å². The highest BCUT2D eigenvalue weighted by Gasteiger charge is 2.29. The molecule has 18 heavy (non-hydrogen) atoms. The van der Waals surface area contributed by atoms with Gasteiger partial charge in [0, 0.05) is 0 Å². The Kier molecular flexibility index (Phi) is 4.29. The van der Waals surface area contributed by atoms with E-state index in [1.54, 1.807) is 0 Å². The van der Waals surface area contributed by atoms with Crippen LogP contribution in [-0.2, 0) is 0 Å². The first-order valence-electron chi connectivity index (χ1n) is 4.96. The summed E-state index contributed by atoms with van der Waals surface area (Å²) in [7, 11) is 2.48. The molecular weight excluding hydrogens is 244 g/mol. The van der Waals surface area contributed by atoms with Crippen molar-refractivity contribution in [1.29, 1.82) is 0 Å². The molecule has 1 aromatic carbocycles. The Hall–Kier alpha value is -2.06. The van der Waals surface area contributed by atoms with Gasteiger partial charge in [-0.2, -0.15) is 0 Å². The average Bonchev–Trinajstić information content (AvgIpc) is 2.36. The van der Waals surface area contributed by atoms with Gasteiger partial charge in [-0.05, 0) is 0 Å². The van der Waals surface area contributed by atoms with Crippen LogP contribution in [0.2, 0.25) is 0 Å². The van der Waals surface area contributed by atoms with Gasteiger partial charge in [-0.1, -0.05) is 0 Å². The lowest BCUT2D eigenvalue weighted by atomic mass is 10.0. The molecule has 0 heterocycles. The molecule has 0 spiro atoms. The van der Waals surface area contributed by atoms with E-state index in [2.05, 4.69) is 0 Å². The van der Waals surface area contributed by atoms with Gasteiger partial charge in [-0.25, -0.2) is 0 Å². The fourth-order valence-electron chi connectivity index (χ4n) is 1.59. The molecule has 4 N–H and O–H groups in total. The number of rotatable bonds is 5. The highest BCUT2D eigenvalue weighted by Crippen LogP contribution is 2.46. The molecule has 0 aliphatic carbocycles. The van der Waals surface area contributed by atoms with Crippen molar-refractivity contribution in [3.63, 3.8) is 0 Å². The van der Waals surface area contributed by atoms with E-state index in [1.165, 1.54) is 14.2 Å². The van der Waals surface area contributed by atoms with Gasteiger partial charge >= 0.3 is 0 Å². The fourth-order valence-corrected chi connectivity index (χ4v) is 1.59. The maximum absolute atomic E-state index is 11.0. The van der Waals surface area contributed by atoms with Gasteiger partial charge < -0.3 is 25.4 Å². The molecule has 0 bridgehead atoms. The van der Waals surface area contributed by atoms with Crippen molar-refractivity contribution in [2.24, 2.45) is 5.73 Å². The van der Waals surface area contributed by atoms with Crippen LogP contribution in [0.15, 0.2) is 6.07 Å². The number of aromatic hydroxyl groups is 1. The predicted molar refractivity (Wildman–Crippen MR) is 61.9 cm³/mol. The SMILES string of the molecule is COc1cc([N+](=O)[O-])c([C@H](N)CO)c(OC)c1O. The van der Waals surface area contributed by atoms with Crippen molar-refractivity contribution < 1.29 is 24.6 Å². The molecule has 0 saturated carbocycles. The van der Waals surface area contributed by atoms with Crippen LogP contribution in [-0.4, -0.2) is 36.0 Å². The Morgan fingerprint density at radius 2 is 2.11 bits per heavy atom. The highest BCUT2D eigenvalue weighted by molar-refractivity contribution is 5.64. The third-order valence-corrected chi connectivity index (χ3v) is 2.43. The van der Waals surface area contributed by atoms with Crippen molar-refractivity contribution in [3.8, 4) is 17.2 Å². The molecule has 0 unspecified atom stereocenters. The van der Waals surface area contributed by atoms with Gasteiger partial charge in [0.05, 0.1) is 43.4 Å². The summed E-state index contributed by atoms with van der Waals surface area (Å²) < 4.78 is 9.72. The number of nitrogens with two attached hydrogens (primary N) is 1. The van der Waals surface area contributed by atoms with Crippen LogP contribution in [0, 0.1) is 10.1 Å². The number of benzene rings is 1. The van der Waals surface area contributed by atoms with E-state index in [4.69, 9.17) is 20.3 Å². The van der Waals surface area contributed by atoms with E-state index >= 15 is 0 Å². The predicted octanol–water partition coefficient (Wildman–Crippen LogP) is 0.310. The lowest BCUT2D eigenvalue weighted by Crippen LogP contribution is -2.17. The number of nitrogens with zero attached hydrogens (tertiary/aromatic N) is 1. The summed E-state index contributed by atoms with van der Waals surface area (Å²) in [5.41, 5.74) is 5.12. The first-order valence-corrected chi connectivity index (χ1v) is 4.96. The second-order valence-electron chi connectivity index (χ2n) is 3.44. The molecule has 0 aliphatic heterocycles. The van der Waals surface area contributed by atoms with E-state index in [0.717, 1.165) is 6.07 Å². The molecule has 0 amide bonds. The van der Waals surface area contributed by atoms with Gasteiger partial charge in [-0.15, -0.1) is 0 Å². The summed E-state index contributed by atoms with van der Waals surface area (Å²) >= 11 is 0. The lowest BCUT2D eigenvalue weighted by molar-refractivity contribution is -0.385. The minimum absolute atomic E-state index is 0.0803. The molecule has 0 aromatic heterocycles. The average molecular weight is 258 g/mol. The number of phenolic OH excluding ortho intramolecular Hbond substituents is 1. The second-order valence-corrected chi connectivity index (χ2v) is 3.44. The highest BCUT2D eigenvalue weighted by atomic mass is 16.6. The van der Waals surface area contributed by atoms with Gasteiger partial charge in [0.15, 0.2) is 11.5 Å². The van der Waals surface area contributed by atoms with Crippen LogP contribution in [0.1, 0.15) is 11.6 Å². The maximum Gasteiger partial charge on any atom is 0.281 e. The summed E-state index contributed by atoms with van der Waals surface area (Å²) in [6.45, 7) is -0.525. The van der Waals surface area contributed by atoms with E-state index in [-0.39, 0.29) is 22.7 Å². The first-order chi connectivity index (χ1) is 8.47. The standard InChI is InChI=1S/C10H14N2O6/c1-17-7-3-6(12(15)16)8(5(11)4-13)10(18-2)9(7)14/h3,5,13-14H,4,11H2,1-2H3/t5-/m1/s1. The van der Waals surface area contributed by atoms with Gasteiger partial charge in [0.2, 0.25) is 5.75 Å². The number of nitro benzene ring substituents is 1.